The van der Waals surface area contributed by atoms with Gasteiger partial charge in [0.2, 0.25) is 0 Å². The van der Waals surface area contributed by atoms with Gasteiger partial charge in [0.1, 0.15) is 42.7 Å². The third-order valence-electron chi connectivity index (χ3n) is 11.0. The first-order chi connectivity index (χ1) is 20.2. The zero-order valence-corrected chi connectivity index (χ0v) is 26.2. The van der Waals surface area contributed by atoms with Gasteiger partial charge in [-0.15, -0.1) is 0 Å². The molecule has 2 saturated heterocycles. The summed E-state index contributed by atoms with van der Waals surface area (Å²) >= 11 is 0. The van der Waals surface area contributed by atoms with Crippen LogP contribution in [-0.4, -0.2) is 116 Å². The molecule has 0 radical (unpaired) electrons. The molecule has 0 aromatic rings. The van der Waals surface area contributed by atoms with Crippen LogP contribution in [0.2, 0.25) is 0 Å². The highest BCUT2D eigenvalue weighted by molar-refractivity contribution is 5.18. The Hall–Kier alpha value is -0.960. The van der Waals surface area contributed by atoms with Crippen molar-refractivity contribution in [1.29, 1.82) is 0 Å². The Bertz CT molecular complexity index is 986. The van der Waals surface area contributed by atoms with Gasteiger partial charge in [-0.3, -0.25) is 0 Å². The molecule has 2 aliphatic carbocycles. The molecule has 248 valence electrons. The smallest absolute Gasteiger partial charge is 0.187 e. The zero-order chi connectivity index (χ0) is 31.9. The molecule has 2 aliphatic heterocycles. The van der Waals surface area contributed by atoms with Crippen LogP contribution >= 0.6 is 0 Å². The molecular formula is C32H54O11. The average Bonchev–Trinajstić information content (AvgIpc) is 2.95. The van der Waals surface area contributed by atoms with E-state index in [4.69, 9.17) is 18.9 Å². The molecule has 1 unspecified atom stereocenters. The molecule has 0 bridgehead atoms. The summed E-state index contributed by atoms with van der Waals surface area (Å²) in [5, 5.41) is 71.9. The van der Waals surface area contributed by atoms with Crippen LogP contribution in [0, 0.1) is 22.7 Å². The van der Waals surface area contributed by atoms with Crippen molar-refractivity contribution < 1.29 is 54.7 Å². The van der Waals surface area contributed by atoms with Crippen molar-refractivity contribution in [2.75, 3.05) is 13.2 Å². The lowest BCUT2D eigenvalue weighted by atomic mass is 9.46. The minimum atomic E-state index is -1.62. The van der Waals surface area contributed by atoms with Crippen molar-refractivity contribution in [3.05, 3.63) is 23.8 Å². The third-order valence-corrected chi connectivity index (χ3v) is 11.0. The van der Waals surface area contributed by atoms with Crippen molar-refractivity contribution >= 4 is 0 Å². The Kier molecular flexibility index (Phi) is 11.2. The second kappa shape index (κ2) is 13.8. The van der Waals surface area contributed by atoms with Gasteiger partial charge in [-0.1, -0.05) is 44.6 Å². The molecule has 7 N–H and O–H groups in total. The second-order valence-electron chi connectivity index (χ2n) is 14.1. The molecule has 0 aromatic carbocycles. The highest BCUT2D eigenvalue weighted by Gasteiger charge is 2.58. The number of aliphatic hydroxyl groups is 7. The lowest BCUT2D eigenvalue weighted by Gasteiger charge is -2.61. The van der Waals surface area contributed by atoms with Crippen LogP contribution in [-0.2, 0) is 18.9 Å². The van der Waals surface area contributed by atoms with E-state index in [9.17, 15) is 35.7 Å². The van der Waals surface area contributed by atoms with Crippen LogP contribution < -0.4 is 0 Å². The first-order valence-electron chi connectivity index (χ1n) is 15.7. The molecule has 2 heterocycles. The number of hydrogen-bond acceptors (Lipinski definition) is 11. The van der Waals surface area contributed by atoms with E-state index in [-0.39, 0.29) is 29.5 Å². The fraction of sp³-hybridized carbons (Fsp3) is 0.875. The Balaban J connectivity index is 1.55. The molecule has 2 saturated carbocycles. The van der Waals surface area contributed by atoms with Gasteiger partial charge in [0.05, 0.1) is 25.4 Å². The quantitative estimate of drug-likeness (QED) is 0.146. The van der Waals surface area contributed by atoms with Crippen LogP contribution in [0.1, 0.15) is 73.1 Å². The molecule has 11 heteroatoms. The van der Waals surface area contributed by atoms with Gasteiger partial charge < -0.3 is 54.7 Å². The Labute approximate surface area is 255 Å². The molecule has 0 spiro atoms. The fourth-order valence-electron chi connectivity index (χ4n) is 8.31. The summed E-state index contributed by atoms with van der Waals surface area (Å²) in [6.07, 6.45) is -6.72. The predicted octanol–water partition coefficient (Wildman–Crippen LogP) is 1.15. The molecule has 14 atom stereocenters. The van der Waals surface area contributed by atoms with Crippen LogP contribution in [0.4, 0.5) is 0 Å². The summed E-state index contributed by atoms with van der Waals surface area (Å²) in [4.78, 5) is 0. The minimum Gasteiger partial charge on any atom is -0.394 e. The molecule has 43 heavy (non-hydrogen) atoms. The molecule has 4 aliphatic rings. The van der Waals surface area contributed by atoms with Crippen molar-refractivity contribution in [1.82, 2.24) is 0 Å². The zero-order valence-electron chi connectivity index (χ0n) is 26.2. The number of ether oxygens (including phenoxy) is 4. The Morgan fingerprint density at radius 2 is 1.63 bits per heavy atom. The topological polar surface area (TPSA) is 179 Å². The van der Waals surface area contributed by atoms with E-state index in [0.717, 1.165) is 32.1 Å². The summed E-state index contributed by atoms with van der Waals surface area (Å²) in [5.74, 6) is 0.601. The molecule has 0 aromatic heterocycles. The van der Waals surface area contributed by atoms with E-state index >= 15 is 0 Å². The lowest BCUT2D eigenvalue weighted by molar-refractivity contribution is -0.375. The predicted molar refractivity (Wildman–Crippen MR) is 156 cm³/mol. The number of fused-ring (bicyclic) bond motifs is 1. The number of allylic oxidation sites excluding steroid dienone is 2. The van der Waals surface area contributed by atoms with E-state index in [1.165, 1.54) is 18.1 Å². The maximum absolute atomic E-state index is 11.1. The largest absolute Gasteiger partial charge is 0.394 e. The van der Waals surface area contributed by atoms with Crippen molar-refractivity contribution in [2.45, 2.75) is 141 Å². The first kappa shape index (κ1) is 34.9. The van der Waals surface area contributed by atoms with E-state index in [1.807, 2.05) is 13.0 Å². The molecule has 11 nitrogen and oxygen atoms in total. The Morgan fingerprint density at radius 1 is 0.930 bits per heavy atom. The van der Waals surface area contributed by atoms with Crippen molar-refractivity contribution in [3.8, 4) is 0 Å². The summed E-state index contributed by atoms with van der Waals surface area (Å²) in [6, 6.07) is 0. The highest BCUT2D eigenvalue weighted by atomic mass is 16.8. The summed E-state index contributed by atoms with van der Waals surface area (Å²) < 4.78 is 24.1. The molecular weight excluding hydrogens is 560 g/mol. The molecule has 0 amide bonds. The van der Waals surface area contributed by atoms with Gasteiger partial charge in [-0.05, 0) is 75.0 Å². The van der Waals surface area contributed by atoms with E-state index < -0.39 is 68.0 Å². The van der Waals surface area contributed by atoms with Gasteiger partial charge in [0.25, 0.3) is 0 Å². The van der Waals surface area contributed by atoms with Crippen LogP contribution in [0.5, 0.6) is 0 Å². The number of hydrogen-bond donors (Lipinski definition) is 7. The first-order valence-corrected chi connectivity index (χ1v) is 15.7. The van der Waals surface area contributed by atoms with E-state index in [2.05, 4.69) is 27.4 Å². The third kappa shape index (κ3) is 6.78. The van der Waals surface area contributed by atoms with Crippen molar-refractivity contribution in [2.24, 2.45) is 22.7 Å². The van der Waals surface area contributed by atoms with Crippen LogP contribution in [0.15, 0.2) is 23.8 Å². The fourth-order valence-corrected chi connectivity index (χ4v) is 8.31. The van der Waals surface area contributed by atoms with Gasteiger partial charge >= 0.3 is 0 Å². The standard InChI is InChI=1S/C32H54O11/c1-16(12-14-33)7-9-19-17(2)8-10-21-31(4,5)22(11-13-32(19,21)6)42-30-28(26(38)24(36)20(15-34)41-30)43-29-27(39)25(37)23(35)18(3)40-29/h12,18-30,33-39H,2,7-11,13-15H2,1,3-6H3/b16-12+/t18-,19-,20+,21?,22-,23-,24+,25+,26-,27+,28+,29-,30-,32+/m0/s1. The van der Waals surface area contributed by atoms with Gasteiger partial charge in [-0.25, -0.2) is 0 Å². The monoisotopic (exact) mass is 614 g/mol. The maximum atomic E-state index is 11.1. The van der Waals surface area contributed by atoms with Gasteiger partial charge in [0.15, 0.2) is 12.6 Å². The molecule has 4 fully saturated rings. The van der Waals surface area contributed by atoms with Crippen LogP contribution in [0.25, 0.3) is 0 Å². The summed E-state index contributed by atoms with van der Waals surface area (Å²) in [6.45, 7) is 14.2. The van der Waals surface area contributed by atoms with Gasteiger partial charge in [-0.2, -0.15) is 0 Å². The van der Waals surface area contributed by atoms with Crippen molar-refractivity contribution in [3.63, 3.8) is 0 Å². The average molecular weight is 615 g/mol. The van der Waals surface area contributed by atoms with E-state index in [1.54, 1.807) is 0 Å². The summed E-state index contributed by atoms with van der Waals surface area (Å²) in [7, 11) is 0. The summed E-state index contributed by atoms with van der Waals surface area (Å²) in [5.41, 5.74) is 2.09. The highest BCUT2D eigenvalue weighted by Crippen LogP contribution is 2.62. The Morgan fingerprint density at radius 3 is 2.28 bits per heavy atom. The van der Waals surface area contributed by atoms with E-state index in [0.29, 0.717) is 12.3 Å². The van der Waals surface area contributed by atoms with Crippen LogP contribution in [0.3, 0.4) is 0 Å². The minimum absolute atomic E-state index is 0.0159. The van der Waals surface area contributed by atoms with Gasteiger partial charge in [0, 0.05) is 0 Å². The second-order valence-corrected chi connectivity index (χ2v) is 14.1. The number of aliphatic hydroxyl groups excluding tert-OH is 7. The number of rotatable bonds is 9. The SMILES string of the molecule is C=C1CCC2C(C)(C)[C@@H](O[C@@H]3O[C@H](CO)[C@@H](O)[C@H](O)[C@H]3O[C@@H]3O[C@@H](C)[C@H](O)[C@@H](O)[C@H]3O)CC[C@]2(C)[C@H]1CC/C(C)=C/CO. The normalized spacial score (nSPS) is 47.3. The lowest BCUT2D eigenvalue weighted by Crippen LogP contribution is -2.65. The maximum Gasteiger partial charge on any atom is 0.187 e. The molecule has 4 rings (SSSR count).